The highest BCUT2D eigenvalue weighted by Gasteiger charge is 2.27. The van der Waals surface area contributed by atoms with Crippen molar-refractivity contribution in [2.75, 3.05) is 0 Å². The van der Waals surface area contributed by atoms with Gasteiger partial charge in [0.2, 0.25) is 11.7 Å². The third kappa shape index (κ3) is 3.32. The monoisotopic (exact) mass is 303 g/mol. The van der Waals surface area contributed by atoms with Crippen LogP contribution in [0.25, 0.3) is 11.4 Å². The van der Waals surface area contributed by atoms with Gasteiger partial charge < -0.3 is 10.3 Å². The lowest BCUT2D eigenvalue weighted by atomic mass is 9.87. The number of benzene rings is 1. The van der Waals surface area contributed by atoms with Crippen LogP contribution in [0.15, 0.2) is 22.7 Å². The Morgan fingerprint density at radius 2 is 1.85 bits per heavy atom. The molecule has 0 radical (unpaired) electrons. The molecule has 2 N–H and O–H groups in total. The normalized spacial score (nSPS) is 12.9. The second kappa shape index (κ2) is 5.85. The average molecular weight is 304 g/mol. The van der Waals surface area contributed by atoms with Crippen molar-refractivity contribution in [3.05, 3.63) is 35.7 Å². The largest absolute Gasteiger partial charge is 0.337 e. The number of aromatic nitrogens is 2. The van der Waals surface area contributed by atoms with E-state index in [0.717, 1.165) is 12.1 Å². The second-order valence-electron chi connectivity index (χ2n) is 5.43. The maximum absolute atomic E-state index is 13.1. The number of nitrogens with zero attached hydrogens (tertiary/aromatic N) is 2. The van der Waals surface area contributed by atoms with Crippen molar-refractivity contribution in [3.8, 4) is 11.4 Å². The molecule has 1 atom stereocenters. The number of nitrogens with two attached hydrogens (primary N) is 1. The summed E-state index contributed by atoms with van der Waals surface area (Å²) in [7, 11) is 0. The van der Waals surface area contributed by atoms with E-state index in [1.165, 1.54) is 6.07 Å². The smallest absolute Gasteiger partial charge is 0.244 e. The number of hydrogen-bond donors (Lipinski definition) is 1. The van der Waals surface area contributed by atoms with Crippen LogP contribution in [0.2, 0.25) is 0 Å². The molecular weight excluding hydrogens is 288 g/mol. The van der Waals surface area contributed by atoms with E-state index >= 15 is 0 Å². The Morgan fingerprint density at radius 1 is 1.20 bits per heavy atom. The van der Waals surface area contributed by atoms with Crippen LogP contribution in [-0.4, -0.2) is 10.1 Å². The molecule has 1 aromatic heterocycles. The molecule has 1 aromatic carbocycles. The summed E-state index contributed by atoms with van der Waals surface area (Å²) in [5.41, 5.74) is 6.09. The molecule has 20 heavy (non-hydrogen) atoms. The Morgan fingerprint density at radius 3 is 2.40 bits per heavy atom. The van der Waals surface area contributed by atoms with Gasteiger partial charge in [-0.15, -0.1) is 12.4 Å². The van der Waals surface area contributed by atoms with E-state index in [9.17, 15) is 8.78 Å². The third-order valence-electron chi connectivity index (χ3n) is 2.82. The first-order valence-corrected chi connectivity index (χ1v) is 5.83. The van der Waals surface area contributed by atoms with Gasteiger partial charge >= 0.3 is 0 Å². The van der Waals surface area contributed by atoms with Crippen molar-refractivity contribution in [1.29, 1.82) is 0 Å². The molecule has 0 aliphatic rings. The highest BCUT2D eigenvalue weighted by atomic mass is 35.5. The lowest BCUT2D eigenvalue weighted by Gasteiger charge is -2.23. The van der Waals surface area contributed by atoms with Crippen molar-refractivity contribution >= 4 is 12.4 Å². The SMILES string of the molecule is CC(C)(C)[C@H](N)c1nc(-c2ccc(F)c(F)c2)no1.Cl. The number of halogens is 3. The van der Waals surface area contributed by atoms with E-state index in [2.05, 4.69) is 10.1 Å². The first-order valence-electron chi connectivity index (χ1n) is 5.83. The zero-order chi connectivity index (χ0) is 14.2. The van der Waals surface area contributed by atoms with Crippen LogP contribution in [0.1, 0.15) is 32.7 Å². The summed E-state index contributed by atoms with van der Waals surface area (Å²) >= 11 is 0. The van der Waals surface area contributed by atoms with Crippen molar-refractivity contribution in [2.24, 2.45) is 11.1 Å². The van der Waals surface area contributed by atoms with E-state index in [4.69, 9.17) is 10.3 Å². The standard InChI is InChI=1S/C13H15F2N3O.ClH/c1-13(2,3)10(16)12-17-11(18-19-12)7-4-5-8(14)9(15)6-7;/h4-6,10H,16H2,1-3H3;1H/t10-;/m1./s1. The minimum atomic E-state index is -0.955. The Labute approximate surface area is 121 Å². The molecule has 2 aromatic rings. The number of rotatable bonds is 2. The molecule has 1 heterocycles. The highest BCUT2D eigenvalue weighted by molar-refractivity contribution is 5.85. The molecule has 0 bridgehead atoms. The highest BCUT2D eigenvalue weighted by Crippen LogP contribution is 2.30. The average Bonchev–Trinajstić information content (AvgIpc) is 2.79. The molecule has 0 amide bonds. The van der Waals surface area contributed by atoms with Gasteiger partial charge in [0.15, 0.2) is 11.6 Å². The molecule has 2 rings (SSSR count). The van der Waals surface area contributed by atoms with Gasteiger partial charge in [0, 0.05) is 5.56 Å². The van der Waals surface area contributed by atoms with Crippen LogP contribution in [0.3, 0.4) is 0 Å². The van der Waals surface area contributed by atoms with Crippen LogP contribution < -0.4 is 5.73 Å². The van der Waals surface area contributed by atoms with Gasteiger partial charge in [-0.2, -0.15) is 4.98 Å². The first-order chi connectivity index (χ1) is 8.79. The second-order valence-corrected chi connectivity index (χ2v) is 5.43. The van der Waals surface area contributed by atoms with Crippen molar-refractivity contribution in [2.45, 2.75) is 26.8 Å². The maximum Gasteiger partial charge on any atom is 0.244 e. The van der Waals surface area contributed by atoms with Crippen molar-refractivity contribution < 1.29 is 13.3 Å². The Hall–Kier alpha value is -1.53. The van der Waals surface area contributed by atoms with Gasteiger partial charge in [-0.3, -0.25) is 0 Å². The summed E-state index contributed by atoms with van der Waals surface area (Å²) in [4.78, 5) is 4.13. The van der Waals surface area contributed by atoms with Gasteiger partial charge in [0.25, 0.3) is 0 Å². The lowest BCUT2D eigenvalue weighted by molar-refractivity contribution is 0.253. The van der Waals surface area contributed by atoms with Crippen LogP contribution in [-0.2, 0) is 0 Å². The molecule has 0 spiro atoms. The quantitative estimate of drug-likeness (QED) is 0.922. The van der Waals surface area contributed by atoms with Crippen molar-refractivity contribution in [1.82, 2.24) is 10.1 Å². The van der Waals surface area contributed by atoms with Gasteiger partial charge in [-0.05, 0) is 23.6 Å². The topological polar surface area (TPSA) is 64.9 Å². The molecular formula is C13H16ClF2N3O. The molecule has 0 saturated carbocycles. The predicted molar refractivity (Wildman–Crippen MR) is 73.3 cm³/mol. The Balaban J connectivity index is 0.00000200. The maximum atomic E-state index is 13.1. The van der Waals surface area contributed by atoms with Crippen LogP contribution in [0.5, 0.6) is 0 Å². The van der Waals surface area contributed by atoms with E-state index in [1.54, 1.807) is 0 Å². The number of hydrogen-bond acceptors (Lipinski definition) is 4. The minimum Gasteiger partial charge on any atom is -0.337 e. The van der Waals surface area contributed by atoms with Crippen LogP contribution >= 0.6 is 12.4 Å². The van der Waals surface area contributed by atoms with E-state index in [0.29, 0.717) is 5.56 Å². The van der Waals surface area contributed by atoms with Gasteiger partial charge in [0.1, 0.15) is 0 Å². The van der Waals surface area contributed by atoms with E-state index in [1.807, 2.05) is 20.8 Å². The Bertz CT molecular complexity index is 596. The first kappa shape index (κ1) is 16.5. The van der Waals surface area contributed by atoms with Crippen molar-refractivity contribution in [3.63, 3.8) is 0 Å². The molecule has 7 heteroatoms. The fraction of sp³-hybridized carbons (Fsp3) is 0.385. The molecule has 0 fully saturated rings. The minimum absolute atomic E-state index is 0. The fourth-order valence-corrected chi connectivity index (χ4v) is 1.48. The Kier molecular flexibility index (Phi) is 4.83. The van der Waals surface area contributed by atoms with Gasteiger partial charge in [-0.1, -0.05) is 25.9 Å². The fourth-order valence-electron chi connectivity index (χ4n) is 1.48. The van der Waals surface area contributed by atoms with E-state index < -0.39 is 17.7 Å². The van der Waals surface area contributed by atoms with Gasteiger partial charge in [-0.25, -0.2) is 8.78 Å². The van der Waals surface area contributed by atoms with Crippen LogP contribution in [0.4, 0.5) is 8.78 Å². The summed E-state index contributed by atoms with van der Waals surface area (Å²) in [6, 6.07) is 2.99. The third-order valence-corrected chi connectivity index (χ3v) is 2.82. The molecule has 110 valence electrons. The summed E-state index contributed by atoms with van der Waals surface area (Å²) < 4.78 is 31.1. The zero-order valence-corrected chi connectivity index (χ0v) is 12.2. The predicted octanol–water partition coefficient (Wildman–Crippen LogP) is 3.48. The summed E-state index contributed by atoms with van der Waals surface area (Å²) in [6.45, 7) is 5.83. The zero-order valence-electron chi connectivity index (χ0n) is 11.4. The van der Waals surface area contributed by atoms with E-state index in [-0.39, 0.29) is 29.5 Å². The molecule has 0 saturated heterocycles. The van der Waals surface area contributed by atoms with Crippen LogP contribution in [0, 0.1) is 17.0 Å². The lowest BCUT2D eigenvalue weighted by Crippen LogP contribution is -2.26. The molecule has 0 aliphatic heterocycles. The molecule has 4 nitrogen and oxygen atoms in total. The molecule has 0 aliphatic carbocycles. The van der Waals surface area contributed by atoms with Gasteiger partial charge in [0.05, 0.1) is 6.04 Å². The molecule has 0 unspecified atom stereocenters. The summed E-state index contributed by atoms with van der Waals surface area (Å²) in [5, 5.41) is 3.74. The summed E-state index contributed by atoms with van der Waals surface area (Å²) in [6.07, 6.45) is 0. The summed E-state index contributed by atoms with van der Waals surface area (Å²) in [5.74, 6) is -1.41.